The maximum absolute atomic E-state index is 11.7. The molecule has 0 fully saturated rings. The molecule has 0 aliphatic rings. The molecule has 152 valence electrons. The predicted octanol–water partition coefficient (Wildman–Crippen LogP) is 2.74. The fourth-order valence-corrected chi connectivity index (χ4v) is 2.50. The number of hydrogen-bond acceptors (Lipinski definition) is 7. The van der Waals surface area contributed by atoms with E-state index in [9.17, 15) is 19.7 Å². The summed E-state index contributed by atoms with van der Waals surface area (Å²) >= 11 is 0. The van der Waals surface area contributed by atoms with E-state index in [1.54, 1.807) is 24.3 Å². The van der Waals surface area contributed by atoms with Crippen molar-refractivity contribution in [2.45, 2.75) is 6.61 Å². The zero-order chi connectivity index (χ0) is 21.6. The molecule has 29 heavy (non-hydrogen) atoms. The normalized spacial score (nSPS) is 10.0. The van der Waals surface area contributed by atoms with Gasteiger partial charge in [-0.05, 0) is 17.7 Å². The Hall–Kier alpha value is -4.08. The molecule has 2 aromatic rings. The molecule has 0 aliphatic carbocycles. The van der Waals surface area contributed by atoms with Crippen LogP contribution >= 0.6 is 0 Å². The van der Waals surface area contributed by atoms with E-state index < -0.39 is 28.1 Å². The van der Waals surface area contributed by atoms with Crippen LogP contribution in [0, 0.1) is 10.1 Å². The average Bonchev–Trinajstić information content (AvgIpc) is 2.69. The number of aliphatic carboxylic acids is 2. The number of nitrogens with zero attached hydrogens (tertiary/aromatic N) is 1. The molecular weight excluding hydrogens is 386 g/mol. The van der Waals surface area contributed by atoms with Gasteiger partial charge < -0.3 is 24.4 Å². The first-order valence-electron chi connectivity index (χ1n) is 8.08. The Morgan fingerprint density at radius 1 is 1.07 bits per heavy atom. The van der Waals surface area contributed by atoms with Gasteiger partial charge in [0.05, 0.1) is 24.7 Å². The number of carbonyl (C=O) groups is 2. The minimum Gasteiger partial charge on any atom is -0.493 e. The number of ether oxygens (including phenoxy) is 3. The Kier molecular flexibility index (Phi) is 6.75. The highest BCUT2D eigenvalue weighted by Crippen LogP contribution is 2.47. The lowest BCUT2D eigenvalue weighted by Gasteiger charge is -2.16. The van der Waals surface area contributed by atoms with Crippen LogP contribution in [0.2, 0.25) is 0 Å². The van der Waals surface area contributed by atoms with Crippen LogP contribution in [0.15, 0.2) is 42.0 Å². The minimum absolute atomic E-state index is 0.00441. The van der Waals surface area contributed by atoms with E-state index in [1.807, 2.05) is 6.07 Å². The SMILES string of the molecule is COc1cc(C=C(C(=O)O)C(=O)O)c([N+](=O)[O-])c(OC)c1OCc1ccccc1. The van der Waals surface area contributed by atoms with E-state index in [-0.39, 0.29) is 29.4 Å². The van der Waals surface area contributed by atoms with Crippen LogP contribution in [0.4, 0.5) is 5.69 Å². The molecular formula is C19H17NO9. The summed E-state index contributed by atoms with van der Waals surface area (Å²) in [4.78, 5) is 33.1. The number of rotatable bonds is 9. The first kappa shape index (κ1) is 21.2. The van der Waals surface area contributed by atoms with Gasteiger partial charge >= 0.3 is 17.6 Å². The van der Waals surface area contributed by atoms with Crippen LogP contribution < -0.4 is 14.2 Å². The van der Waals surface area contributed by atoms with Crippen molar-refractivity contribution in [2.75, 3.05) is 14.2 Å². The molecule has 0 bridgehead atoms. The van der Waals surface area contributed by atoms with Gasteiger partial charge in [-0.2, -0.15) is 0 Å². The Morgan fingerprint density at radius 2 is 1.69 bits per heavy atom. The van der Waals surface area contributed by atoms with Crippen molar-refractivity contribution in [3.63, 3.8) is 0 Å². The number of methoxy groups -OCH3 is 2. The van der Waals surface area contributed by atoms with E-state index in [0.29, 0.717) is 6.08 Å². The molecule has 0 atom stereocenters. The van der Waals surface area contributed by atoms with Gasteiger partial charge in [0.15, 0.2) is 5.75 Å². The lowest BCUT2D eigenvalue weighted by molar-refractivity contribution is -0.386. The molecule has 10 heteroatoms. The number of nitro groups is 1. The summed E-state index contributed by atoms with van der Waals surface area (Å²) < 4.78 is 16.0. The quantitative estimate of drug-likeness (QED) is 0.212. The molecule has 10 nitrogen and oxygen atoms in total. The number of benzene rings is 2. The molecule has 0 aromatic heterocycles. The second-order valence-corrected chi connectivity index (χ2v) is 5.58. The summed E-state index contributed by atoms with van der Waals surface area (Å²) in [7, 11) is 2.44. The molecule has 0 spiro atoms. The number of carboxylic acid groups (broad SMARTS) is 2. The van der Waals surface area contributed by atoms with Crippen LogP contribution in [0.5, 0.6) is 17.2 Å². The molecule has 0 amide bonds. The van der Waals surface area contributed by atoms with Crippen LogP contribution in [-0.2, 0) is 16.2 Å². The van der Waals surface area contributed by atoms with Gasteiger partial charge in [-0.3, -0.25) is 10.1 Å². The zero-order valence-corrected chi connectivity index (χ0v) is 15.4. The van der Waals surface area contributed by atoms with Crippen molar-refractivity contribution in [3.8, 4) is 17.2 Å². The fourth-order valence-electron chi connectivity index (χ4n) is 2.50. The highest BCUT2D eigenvalue weighted by molar-refractivity contribution is 6.16. The van der Waals surface area contributed by atoms with E-state index in [2.05, 4.69) is 0 Å². The van der Waals surface area contributed by atoms with Crippen molar-refractivity contribution in [3.05, 3.63) is 63.2 Å². The maximum atomic E-state index is 11.7. The van der Waals surface area contributed by atoms with Crippen molar-refractivity contribution < 1.29 is 38.9 Å². The van der Waals surface area contributed by atoms with Crippen molar-refractivity contribution in [2.24, 2.45) is 0 Å². The maximum Gasteiger partial charge on any atom is 0.343 e. The molecule has 2 aromatic carbocycles. The van der Waals surface area contributed by atoms with Gasteiger partial charge in [0.1, 0.15) is 12.2 Å². The van der Waals surface area contributed by atoms with Gasteiger partial charge in [-0.25, -0.2) is 9.59 Å². The number of carboxylic acids is 2. The average molecular weight is 403 g/mol. The van der Waals surface area contributed by atoms with Gasteiger partial charge in [0, 0.05) is 0 Å². The van der Waals surface area contributed by atoms with Gasteiger partial charge in [0.25, 0.3) is 0 Å². The largest absolute Gasteiger partial charge is 0.493 e. The number of nitro benzene ring substituents is 1. The molecule has 0 aliphatic heterocycles. The summed E-state index contributed by atoms with van der Waals surface area (Å²) in [6.07, 6.45) is 0.662. The summed E-state index contributed by atoms with van der Waals surface area (Å²) in [5.41, 5.74) is -1.26. The minimum atomic E-state index is -1.76. The Labute approximate surface area is 164 Å². The zero-order valence-electron chi connectivity index (χ0n) is 15.4. The third-order valence-electron chi connectivity index (χ3n) is 3.80. The van der Waals surface area contributed by atoms with E-state index in [4.69, 9.17) is 24.4 Å². The second kappa shape index (κ2) is 9.22. The Morgan fingerprint density at radius 3 is 2.17 bits per heavy atom. The van der Waals surface area contributed by atoms with Crippen LogP contribution in [0.3, 0.4) is 0 Å². The summed E-state index contributed by atoms with van der Waals surface area (Å²) in [6.45, 7) is 0.0510. The second-order valence-electron chi connectivity index (χ2n) is 5.58. The van der Waals surface area contributed by atoms with Crippen molar-refractivity contribution >= 4 is 23.7 Å². The lowest BCUT2D eigenvalue weighted by Crippen LogP contribution is -2.11. The molecule has 0 heterocycles. The first-order chi connectivity index (χ1) is 13.8. The standard InChI is InChI=1S/C19H17NO9/c1-27-14-9-12(8-13(18(21)22)19(23)24)15(20(25)26)17(28-2)16(14)29-10-11-6-4-3-5-7-11/h3-9H,10H2,1-2H3,(H,21,22)(H,23,24). The lowest BCUT2D eigenvalue weighted by atomic mass is 10.1. The molecule has 2 N–H and O–H groups in total. The van der Waals surface area contributed by atoms with E-state index in [0.717, 1.165) is 11.6 Å². The van der Waals surface area contributed by atoms with Crippen LogP contribution in [0.1, 0.15) is 11.1 Å². The van der Waals surface area contributed by atoms with Gasteiger partial charge in [-0.1, -0.05) is 30.3 Å². The van der Waals surface area contributed by atoms with E-state index >= 15 is 0 Å². The summed E-state index contributed by atoms with van der Waals surface area (Å²) in [5, 5.41) is 29.7. The predicted molar refractivity (Wildman–Crippen MR) is 100 cm³/mol. The first-order valence-corrected chi connectivity index (χ1v) is 8.08. The number of hydrogen-bond donors (Lipinski definition) is 2. The van der Waals surface area contributed by atoms with Crippen molar-refractivity contribution in [1.82, 2.24) is 0 Å². The highest BCUT2D eigenvalue weighted by atomic mass is 16.6. The summed E-state index contributed by atoms with van der Waals surface area (Å²) in [6, 6.07) is 10.1. The van der Waals surface area contributed by atoms with Crippen molar-refractivity contribution in [1.29, 1.82) is 0 Å². The topological polar surface area (TPSA) is 145 Å². The smallest absolute Gasteiger partial charge is 0.343 e. The Balaban J connectivity index is 2.66. The Bertz CT molecular complexity index is 951. The van der Waals surface area contributed by atoms with Gasteiger partial charge in [0.2, 0.25) is 11.5 Å². The molecule has 0 radical (unpaired) electrons. The fraction of sp³-hybridized carbons (Fsp3) is 0.158. The third kappa shape index (κ3) is 4.80. The molecule has 0 saturated carbocycles. The molecule has 2 rings (SSSR count). The third-order valence-corrected chi connectivity index (χ3v) is 3.80. The summed E-state index contributed by atoms with van der Waals surface area (Å²) in [5.74, 6) is -3.91. The highest BCUT2D eigenvalue weighted by Gasteiger charge is 2.30. The van der Waals surface area contributed by atoms with Gasteiger partial charge in [-0.15, -0.1) is 0 Å². The molecule has 0 unspecified atom stereocenters. The van der Waals surface area contributed by atoms with Crippen LogP contribution in [0.25, 0.3) is 6.08 Å². The van der Waals surface area contributed by atoms with Crippen LogP contribution in [-0.4, -0.2) is 41.3 Å². The van der Waals surface area contributed by atoms with E-state index in [1.165, 1.54) is 14.2 Å². The molecule has 0 saturated heterocycles. The monoisotopic (exact) mass is 403 g/mol.